The molecular weight excluding hydrogens is 140 g/mol. The molecular formula is C9H16O2. The molecule has 1 N–H and O–H groups in total. The summed E-state index contributed by atoms with van der Waals surface area (Å²) in [5.74, 6) is -0.717. The second kappa shape index (κ2) is 5.96. The van der Waals surface area contributed by atoms with E-state index in [-0.39, 0.29) is 6.42 Å². The van der Waals surface area contributed by atoms with Crippen LogP contribution in [0.4, 0.5) is 0 Å². The van der Waals surface area contributed by atoms with Gasteiger partial charge in [-0.2, -0.15) is 0 Å². The van der Waals surface area contributed by atoms with Crippen molar-refractivity contribution in [1.29, 1.82) is 0 Å². The highest BCUT2D eigenvalue weighted by Gasteiger charge is 1.93. The number of allylic oxidation sites excluding steroid dienone is 2. The van der Waals surface area contributed by atoms with Crippen molar-refractivity contribution in [1.82, 2.24) is 0 Å². The van der Waals surface area contributed by atoms with Gasteiger partial charge in [-0.05, 0) is 19.8 Å². The lowest BCUT2D eigenvalue weighted by molar-refractivity contribution is -0.136. The molecule has 0 heterocycles. The number of rotatable bonds is 5. The van der Waals surface area contributed by atoms with Crippen molar-refractivity contribution >= 4 is 5.97 Å². The van der Waals surface area contributed by atoms with E-state index in [2.05, 4.69) is 6.92 Å². The van der Waals surface area contributed by atoms with E-state index >= 15 is 0 Å². The zero-order valence-corrected chi connectivity index (χ0v) is 7.26. The summed E-state index contributed by atoms with van der Waals surface area (Å²) in [5, 5.41) is 8.33. The minimum atomic E-state index is -0.717. The van der Waals surface area contributed by atoms with Gasteiger partial charge in [0.15, 0.2) is 0 Å². The average molecular weight is 156 g/mol. The Morgan fingerprint density at radius 2 is 2.09 bits per heavy atom. The van der Waals surface area contributed by atoms with E-state index in [1.165, 1.54) is 5.57 Å². The maximum Gasteiger partial charge on any atom is 0.303 e. The molecule has 0 saturated carbocycles. The Morgan fingerprint density at radius 3 is 2.55 bits per heavy atom. The van der Waals surface area contributed by atoms with E-state index in [0.717, 1.165) is 12.8 Å². The van der Waals surface area contributed by atoms with Crippen LogP contribution >= 0.6 is 0 Å². The van der Waals surface area contributed by atoms with Gasteiger partial charge in [0, 0.05) is 6.42 Å². The van der Waals surface area contributed by atoms with E-state index in [1.807, 2.05) is 13.0 Å². The molecule has 0 radical (unpaired) electrons. The van der Waals surface area contributed by atoms with Gasteiger partial charge >= 0.3 is 5.97 Å². The number of hydrogen-bond acceptors (Lipinski definition) is 1. The molecule has 0 spiro atoms. The summed E-state index contributed by atoms with van der Waals surface area (Å²) in [4.78, 5) is 10.1. The van der Waals surface area contributed by atoms with Crippen LogP contribution in [0.25, 0.3) is 0 Å². The molecule has 64 valence electrons. The first kappa shape index (κ1) is 10.2. The van der Waals surface area contributed by atoms with E-state index in [1.54, 1.807) is 0 Å². The summed E-state index contributed by atoms with van der Waals surface area (Å²) in [6, 6.07) is 0. The highest BCUT2D eigenvalue weighted by molar-refractivity contribution is 5.66. The molecule has 11 heavy (non-hydrogen) atoms. The Bertz CT molecular complexity index is 148. The summed E-state index contributed by atoms with van der Waals surface area (Å²) in [6.45, 7) is 4.17. The second-order valence-electron chi connectivity index (χ2n) is 2.73. The van der Waals surface area contributed by atoms with Crippen LogP contribution in [-0.4, -0.2) is 11.1 Å². The number of aliphatic carboxylic acids is 1. The van der Waals surface area contributed by atoms with Gasteiger partial charge in [-0.1, -0.05) is 25.0 Å². The minimum absolute atomic E-state index is 0.251. The van der Waals surface area contributed by atoms with Crippen molar-refractivity contribution in [3.05, 3.63) is 11.6 Å². The van der Waals surface area contributed by atoms with E-state index < -0.39 is 5.97 Å². The van der Waals surface area contributed by atoms with Crippen LogP contribution in [0.15, 0.2) is 11.6 Å². The molecule has 0 unspecified atom stereocenters. The molecule has 0 aromatic carbocycles. The molecule has 0 aliphatic rings. The van der Waals surface area contributed by atoms with E-state index in [4.69, 9.17) is 5.11 Å². The number of carbonyl (C=O) groups is 1. The van der Waals surface area contributed by atoms with E-state index in [9.17, 15) is 4.79 Å². The van der Waals surface area contributed by atoms with Crippen LogP contribution in [0.2, 0.25) is 0 Å². The zero-order chi connectivity index (χ0) is 8.69. The van der Waals surface area contributed by atoms with Crippen molar-refractivity contribution in [2.24, 2.45) is 0 Å². The van der Waals surface area contributed by atoms with Gasteiger partial charge < -0.3 is 5.11 Å². The molecule has 0 aliphatic carbocycles. The molecule has 0 aromatic heterocycles. The van der Waals surface area contributed by atoms with Crippen molar-refractivity contribution < 1.29 is 9.90 Å². The minimum Gasteiger partial charge on any atom is -0.481 e. The van der Waals surface area contributed by atoms with Gasteiger partial charge in [-0.3, -0.25) is 4.79 Å². The highest BCUT2D eigenvalue weighted by atomic mass is 16.4. The Hall–Kier alpha value is -0.790. The van der Waals surface area contributed by atoms with Crippen LogP contribution in [-0.2, 0) is 4.79 Å². The first-order valence-corrected chi connectivity index (χ1v) is 4.04. The Kier molecular flexibility index (Phi) is 5.53. The molecule has 0 atom stereocenters. The first-order chi connectivity index (χ1) is 5.16. The average Bonchev–Trinajstić information content (AvgIpc) is 1.87. The topological polar surface area (TPSA) is 37.3 Å². The summed E-state index contributed by atoms with van der Waals surface area (Å²) in [7, 11) is 0. The van der Waals surface area contributed by atoms with Gasteiger partial charge in [-0.15, -0.1) is 0 Å². The molecule has 0 aliphatic heterocycles. The lowest BCUT2D eigenvalue weighted by Gasteiger charge is -1.95. The van der Waals surface area contributed by atoms with Crippen LogP contribution in [0.5, 0.6) is 0 Å². The Morgan fingerprint density at radius 1 is 1.45 bits per heavy atom. The monoisotopic (exact) mass is 156 g/mol. The predicted octanol–water partition coefficient (Wildman–Crippen LogP) is 2.60. The lowest BCUT2D eigenvalue weighted by atomic mass is 10.1. The maximum atomic E-state index is 10.1. The molecule has 0 bridgehead atoms. The fourth-order valence-electron chi connectivity index (χ4n) is 0.938. The smallest absolute Gasteiger partial charge is 0.303 e. The van der Waals surface area contributed by atoms with Crippen molar-refractivity contribution in [2.45, 2.75) is 39.5 Å². The van der Waals surface area contributed by atoms with Crippen LogP contribution < -0.4 is 0 Å². The van der Waals surface area contributed by atoms with Crippen LogP contribution in [0, 0.1) is 0 Å². The lowest BCUT2D eigenvalue weighted by Crippen LogP contribution is -1.92. The summed E-state index contributed by atoms with van der Waals surface area (Å²) < 4.78 is 0. The third-order valence-corrected chi connectivity index (χ3v) is 1.50. The maximum absolute atomic E-state index is 10.1. The van der Waals surface area contributed by atoms with Gasteiger partial charge in [0.1, 0.15) is 0 Å². The molecule has 0 rings (SSSR count). The number of carboxylic acids is 1. The number of carboxylic acid groups (broad SMARTS) is 1. The van der Waals surface area contributed by atoms with Crippen molar-refractivity contribution in [3.63, 3.8) is 0 Å². The molecule has 2 heteroatoms. The quantitative estimate of drug-likeness (QED) is 0.621. The molecule has 0 amide bonds. The molecule has 0 fully saturated rings. The summed E-state index contributed by atoms with van der Waals surface area (Å²) in [6.07, 6.45) is 5.15. The number of hydrogen-bond donors (Lipinski definition) is 1. The van der Waals surface area contributed by atoms with Crippen molar-refractivity contribution in [2.75, 3.05) is 0 Å². The SMILES string of the molecule is CCCC(C)=CCCC(=O)O. The standard InChI is InChI=1S/C9H16O2/c1-3-5-8(2)6-4-7-9(10)11/h6H,3-5,7H2,1-2H3,(H,10,11). The largest absolute Gasteiger partial charge is 0.481 e. The van der Waals surface area contributed by atoms with Gasteiger partial charge in [-0.25, -0.2) is 0 Å². The predicted molar refractivity (Wildman–Crippen MR) is 45.5 cm³/mol. The van der Waals surface area contributed by atoms with Crippen molar-refractivity contribution in [3.8, 4) is 0 Å². The Balaban J connectivity index is 3.47. The van der Waals surface area contributed by atoms with E-state index in [0.29, 0.717) is 6.42 Å². The first-order valence-electron chi connectivity index (χ1n) is 4.04. The molecule has 0 saturated heterocycles. The molecule has 2 nitrogen and oxygen atoms in total. The summed E-state index contributed by atoms with van der Waals surface area (Å²) >= 11 is 0. The zero-order valence-electron chi connectivity index (χ0n) is 7.26. The highest BCUT2D eigenvalue weighted by Crippen LogP contribution is 2.05. The third-order valence-electron chi connectivity index (χ3n) is 1.50. The van der Waals surface area contributed by atoms with Crippen LogP contribution in [0.3, 0.4) is 0 Å². The second-order valence-corrected chi connectivity index (χ2v) is 2.73. The van der Waals surface area contributed by atoms with Gasteiger partial charge in [0.25, 0.3) is 0 Å². The van der Waals surface area contributed by atoms with Gasteiger partial charge in [0.05, 0.1) is 0 Å². The normalized spacial score (nSPS) is 11.6. The fourth-order valence-corrected chi connectivity index (χ4v) is 0.938. The van der Waals surface area contributed by atoms with Gasteiger partial charge in [0.2, 0.25) is 0 Å². The summed E-state index contributed by atoms with van der Waals surface area (Å²) in [5.41, 5.74) is 1.30. The third kappa shape index (κ3) is 7.10. The molecule has 0 aromatic rings. The van der Waals surface area contributed by atoms with Crippen LogP contribution in [0.1, 0.15) is 39.5 Å². The Labute approximate surface area is 67.9 Å². The fraction of sp³-hybridized carbons (Fsp3) is 0.667.